The van der Waals surface area contributed by atoms with Crippen molar-refractivity contribution in [1.82, 2.24) is 25.8 Å². The molecule has 3 saturated carbocycles. The number of hydrogen-bond acceptors (Lipinski definition) is 8. The molecule has 11 heteroatoms. The topological polar surface area (TPSA) is 138 Å². The number of dihydropyridines is 1. The summed E-state index contributed by atoms with van der Waals surface area (Å²) in [5.74, 6) is 2.40. The molecular formula is C31H54N7O3P. The molecule has 10 nitrogen and oxygen atoms in total. The fourth-order valence-electron chi connectivity index (χ4n) is 7.56. The average molecular weight is 604 g/mol. The van der Waals surface area contributed by atoms with Crippen molar-refractivity contribution in [2.24, 2.45) is 28.0 Å². The predicted molar refractivity (Wildman–Crippen MR) is 168 cm³/mol. The lowest BCUT2D eigenvalue weighted by Gasteiger charge is -2.37. The second kappa shape index (κ2) is 13.0. The van der Waals surface area contributed by atoms with Gasteiger partial charge in [-0.05, 0) is 81.2 Å². The van der Waals surface area contributed by atoms with Gasteiger partial charge in [-0.1, -0.05) is 19.3 Å². The Bertz CT molecular complexity index is 1080. The van der Waals surface area contributed by atoms with E-state index in [0.29, 0.717) is 17.9 Å². The van der Waals surface area contributed by atoms with Gasteiger partial charge < -0.3 is 31.1 Å². The number of fused-ring (bicyclic) bond motifs is 1. The number of nitrogens with one attached hydrogen (secondary N) is 3. The van der Waals surface area contributed by atoms with E-state index in [9.17, 15) is 14.4 Å². The summed E-state index contributed by atoms with van der Waals surface area (Å²) in [6.07, 6.45) is 19.0. The number of nitrogens with zero attached hydrogens (tertiary/aromatic N) is 3. The van der Waals surface area contributed by atoms with Gasteiger partial charge in [-0.15, -0.1) is 0 Å². The van der Waals surface area contributed by atoms with Gasteiger partial charge in [0.15, 0.2) is 5.66 Å². The fraction of sp³-hybridized carbons (Fsp3) is 0.839. The number of amidine groups is 1. The third kappa shape index (κ3) is 8.06. The first kappa shape index (κ1) is 30.8. The second-order valence-corrected chi connectivity index (χ2v) is 16.0. The molecule has 0 spiro atoms. The Hall–Kier alpha value is -1.26. The lowest BCUT2D eigenvalue weighted by atomic mass is 9.81. The molecule has 7 N–H and O–H groups in total. The molecule has 1 saturated heterocycles. The van der Waals surface area contributed by atoms with Gasteiger partial charge in [-0.3, -0.25) is 14.8 Å². The summed E-state index contributed by atoms with van der Waals surface area (Å²) in [7, 11) is -3.96. The van der Waals surface area contributed by atoms with E-state index in [2.05, 4.69) is 31.8 Å². The van der Waals surface area contributed by atoms with Crippen molar-refractivity contribution in [3.8, 4) is 0 Å². The van der Waals surface area contributed by atoms with E-state index in [4.69, 9.17) is 10.7 Å². The van der Waals surface area contributed by atoms with E-state index >= 15 is 0 Å². The van der Waals surface area contributed by atoms with E-state index in [-0.39, 0.29) is 6.16 Å². The zero-order chi connectivity index (χ0) is 29.2. The van der Waals surface area contributed by atoms with Crippen LogP contribution in [0.3, 0.4) is 0 Å². The summed E-state index contributed by atoms with van der Waals surface area (Å²) >= 11 is 0. The normalized spacial score (nSPS) is 31.7. The van der Waals surface area contributed by atoms with E-state index in [1.54, 1.807) is 0 Å². The molecular weight excluding hydrogens is 549 g/mol. The largest absolute Gasteiger partial charge is 0.398 e. The summed E-state index contributed by atoms with van der Waals surface area (Å²) < 4.78 is 11.2. The SMILES string of the molecule is NC1=CC(N2CCN(CCP(=O)(O)O)CC2)=NC2(NCC3CCC(CNCC4(CNC5CCCCC5)CC4)CC3)C=C12. The Morgan fingerprint density at radius 2 is 1.64 bits per heavy atom. The van der Waals surface area contributed by atoms with Crippen LogP contribution in [0.5, 0.6) is 0 Å². The summed E-state index contributed by atoms with van der Waals surface area (Å²) in [6, 6.07) is 0.769. The third-order valence-corrected chi connectivity index (χ3v) is 11.6. The van der Waals surface area contributed by atoms with Crippen LogP contribution in [-0.2, 0) is 4.57 Å². The van der Waals surface area contributed by atoms with Crippen molar-refractivity contribution in [3.63, 3.8) is 0 Å². The summed E-state index contributed by atoms with van der Waals surface area (Å²) in [5, 5.41) is 11.5. The Morgan fingerprint density at radius 3 is 2.31 bits per heavy atom. The molecule has 42 heavy (non-hydrogen) atoms. The Kier molecular flexibility index (Phi) is 9.52. The van der Waals surface area contributed by atoms with Crippen LogP contribution in [0.1, 0.15) is 70.6 Å². The smallest absolute Gasteiger partial charge is 0.326 e. The van der Waals surface area contributed by atoms with Crippen LogP contribution in [0.15, 0.2) is 28.4 Å². The van der Waals surface area contributed by atoms with Crippen molar-refractivity contribution in [3.05, 3.63) is 23.4 Å². The molecule has 6 rings (SSSR count). The number of piperazine rings is 1. The van der Waals surface area contributed by atoms with Gasteiger partial charge in [0.25, 0.3) is 0 Å². The van der Waals surface area contributed by atoms with Crippen molar-refractivity contribution < 1.29 is 14.4 Å². The number of nitrogens with two attached hydrogens (primary N) is 1. The second-order valence-electron chi connectivity index (χ2n) is 14.2. The zero-order valence-electron chi connectivity index (χ0n) is 25.4. The fourth-order valence-corrected chi connectivity index (χ4v) is 8.10. The minimum absolute atomic E-state index is 0.0850. The maximum atomic E-state index is 11.2. The number of aliphatic imine (C=N–C) groups is 1. The lowest BCUT2D eigenvalue weighted by molar-refractivity contribution is 0.187. The first-order valence-electron chi connectivity index (χ1n) is 16.7. The molecule has 0 bridgehead atoms. The maximum Gasteiger partial charge on any atom is 0.326 e. The van der Waals surface area contributed by atoms with Gasteiger partial charge >= 0.3 is 7.60 Å². The highest BCUT2D eigenvalue weighted by Gasteiger charge is 2.48. The summed E-state index contributed by atoms with van der Waals surface area (Å²) in [5.41, 5.74) is 8.43. The standard InChI is InChI=1S/C31H54N7O3P/c32-28-18-29(38-14-12-37(13-15-38)16-17-42(39,40)41)36-31(19-27(28)31)35-21-25-8-6-24(7-9-25)20-33-22-30(10-11-30)23-34-26-4-2-1-3-5-26/h18-19,24-26,33-35H,1-17,20-23,32H2,(H2,39,40,41). The van der Waals surface area contributed by atoms with Crippen LogP contribution in [0.25, 0.3) is 0 Å². The van der Waals surface area contributed by atoms with Gasteiger partial charge in [0.2, 0.25) is 0 Å². The van der Waals surface area contributed by atoms with E-state index in [1.807, 2.05) is 6.08 Å². The molecule has 4 aliphatic carbocycles. The van der Waals surface area contributed by atoms with Crippen molar-refractivity contribution in [2.45, 2.75) is 82.3 Å². The quantitative estimate of drug-likeness (QED) is 0.175. The van der Waals surface area contributed by atoms with Crippen LogP contribution in [0.4, 0.5) is 0 Å². The lowest BCUT2D eigenvalue weighted by Crippen LogP contribution is -2.51. The van der Waals surface area contributed by atoms with Crippen molar-refractivity contribution in [1.29, 1.82) is 0 Å². The van der Waals surface area contributed by atoms with Crippen LogP contribution in [0, 0.1) is 17.3 Å². The Balaban J connectivity index is 0.885. The molecule has 0 radical (unpaired) electrons. The number of rotatable bonds is 13. The Morgan fingerprint density at radius 1 is 0.952 bits per heavy atom. The maximum absolute atomic E-state index is 11.2. The highest BCUT2D eigenvalue weighted by atomic mass is 31.2. The average Bonchev–Trinajstić information content (AvgIpc) is 3.91. The van der Waals surface area contributed by atoms with Crippen molar-refractivity contribution in [2.75, 3.05) is 65.1 Å². The van der Waals surface area contributed by atoms with Gasteiger partial charge in [-0.2, -0.15) is 0 Å². The monoisotopic (exact) mass is 603 g/mol. The summed E-state index contributed by atoms with van der Waals surface area (Å²) in [4.78, 5) is 27.8. The molecule has 0 aromatic rings. The van der Waals surface area contributed by atoms with Gasteiger partial charge in [0.1, 0.15) is 5.84 Å². The molecule has 1 atom stereocenters. The van der Waals surface area contributed by atoms with Crippen molar-refractivity contribution >= 4 is 13.4 Å². The molecule has 0 amide bonds. The van der Waals surface area contributed by atoms with E-state index in [0.717, 1.165) is 61.8 Å². The minimum Gasteiger partial charge on any atom is -0.398 e. The molecule has 0 aromatic carbocycles. The molecule has 2 heterocycles. The Labute approximate surface area is 252 Å². The zero-order valence-corrected chi connectivity index (χ0v) is 26.3. The van der Waals surface area contributed by atoms with Gasteiger partial charge in [0, 0.05) is 75.7 Å². The molecule has 4 fully saturated rings. The molecule has 1 unspecified atom stereocenters. The highest BCUT2D eigenvalue weighted by Crippen LogP contribution is 2.45. The first-order valence-corrected chi connectivity index (χ1v) is 18.5. The first-order chi connectivity index (χ1) is 20.2. The minimum atomic E-state index is -3.96. The van der Waals surface area contributed by atoms with Crippen LogP contribution >= 0.6 is 7.60 Å². The predicted octanol–water partition coefficient (Wildman–Crippen LogP) is 2.36. The molecule has 6 aliphatic rings. The third-order valence-electron chi connectivity index (χ3n) is 10.9. The van der Waals surface area contributed by atoms with Crippen LogP contribution < -0.4 is 21.7 Å². The summed E-state index contributed by atoms with van der Waals surface area (Å²) in [6.45, 7) is 8.06. The number of hydrogen-bond donors (Lipinski definition) is 6. The van der Waals surface area contributed by atoms with E-state index in [1.165, 1.54) is 90.3 Å². The van der Waals surface area contributed by atoms with Gasteiger partial charge in [-0.25, -0.2) is 4.99 Å². The highest BCUT2D eigenvalue weighted by molar-refractivity contribution is 7.51. The van der Waals surface area contributed by atoms with E-state index < -0.39 is 13.3 Å². The molecule has 0 aromatic heterocycles. The molecule has 236 valence electrons. The van der Waals surface area contributed by atoms with Crippen LogP contribution in [0.2, 0.25) is 0 Å². The van der Waals surface area contributed by atoms with Gasteiger partial charge in [0.05, 0.1) is 6.16 Å². The molecule has 2 aliphatic heterocycles. The van der Waals surface area contributed by atoms with Crippen LogP contribution in [-0.4, -0.2) is 102 Å².